The summed E-state index contributed by atoms with van der Waals surface area (Å²) in [7, 11) is 1.65. The van der Waals surface area contributed by atoms with Gasteiger partial charge in [0, 0.05) is 23.1 Å². The zero-order valence-electron chi connectivity index (χ0n) is 11.2. The van der Waals surface area contributed by atoms with Gasteiger partial charge in [0.1, 0.15) is 4.99 Å². The van der Waals surface area contributed by atoms with Crippen LogP contribution in [0.25, 0.3) is 0 Å². The van der Waals surface area contributed by atoms with Gasteiger partial charge in [-0.05, 0) is 47.8 Å². The molecule has 0 amide bonds. The summed E-state index contributed by atoms with van der Waals surface area (Å²) >= 11 is 9.16. The van der Waals surface area contributed by atoms with Gasteiger partial charge in [0.2, 0.25) is 0 Å². The third-order valence-corrected chi connectivity index (χ3v) is 4.31. The highest BCUT2D eigenvalue weighted by Gasteiger charge is 2.20. The first kappa shape index (κ1) is 14.6. The molecule has 1 heterocycles. The number of benzene rings is 1. The second-order valence-corrected chi connectivity index (χ2v) is 5.66. The van der Waals surface area contributed by atoms with Crippen molar-refractivity contribution in [1.29, 1.82) is 0 Å². The van der Waals surface area contributed by atoms with E-state index in [1.54, 1.807) is 7.11 Å². The molecule has 1 aromatic carbocycles. The van der Waals surface area contributed by atoms with Crippen LogP contribution in [0.5, 0.6) is 11.5 Å². The standard InChI is InChI=1S/C14H18BrNO2S/c1-3-18-13-9-11(15)10(8-12(13)17-2)14(19)16-6-4-5-7-16/h8-9H,3-7H2,1-2H3. The first-order valence-corrected chi connectivity index (χ1v) is 7.67. The van der Waals surface area contributed by atoms with E-state index in [0.717, 1.165) is 39.6 Å². The van der Waals surface area contributed by atoms with Crippen molar-refractivity contribution in [2.75, 3.05) is 26.8 Å². The Morgan fingerprint density at radius 3 is 2.58 bits per heavy atom. The highest BCUT2D eigenvalue weighted by Crippen LogP contribution is 2.34. The molecule has 2 rings (SSSR count). The van der Waals surface area contributed by atoms with Crippen molar-refractivity contribution in [3.8, 4) is 11.5 Å². The largest absolute Gasteiger partial charge is 0.493 e. The van der Waals surface area contributed by atoms with E-state index in [1.165, 1.54) is 12.8 Å². The Morgan fingerprint density at radius 1 is 1.32 bits per heavy atom. The number of methoxy groups -OCH3 is 1. The minimum atomic E-state index is 0.610. The summed E-state index contributed by atoms with van der Waals surface area (Å²) in [5, 5.41) is 0. The lowest BCUT2D eigenvalue weighted by Gasteiger charge is -2.21. The molecule has 1 aromatic rings. The Kier molecular flexibility index (Phi) is 5.05. The number of rotatable bonds is 4. The van der Waals surface area contributed by atoms with Crippen molar-refractivity contribution in [3.63, 3.8) is 0 Å². The van der Waals surface area contributed by atoms with Crippen molar-refractivity contribution >= 4 is 33.1 Å². The fourth-order valence-electron chi connectivity index (χ4n) is 2.22. The van der Waals surface area contributed by atoms with E-state index in [-0.39, 0.29) is 0 Å². The topological polar surface area (TPSA) is 21.7 Å². The van der Waals surface area contributed by atoms with E-state index in [9.17, 15) is 0 Å². The monoisotopic (exact) mass is 343 g/mol. The normalized spacial score (nSPS) is 14.6. The van der Waals surface area contributed by atoms with Gasteiger partial charge in [-0.3, -0.25) is 0 Å². The lowest BCUT2D eigenvalue weighted by molar-refractivity contribution is 0.310. The van der Waals surface area contributed by atoms with Gasteiger partial charge in [-0.25, -0.2) is 0 Å². The van der Waals surface area contributed by atoms with Gasteiger partial charge >= 0.3 is 0 Å². The Balaban J connectivity index is 2.32. The summed E-state index contributed by atoms with van der Waals surface area (Å²) in [6.07, 6.45) is 2.43. The first-order chi connectivity index (χ1) is 9.17. The second-order valence-electron chi connectivity index (χ2n) is 4.42. The quantitative estimate of drug-likeness (QED) is 0.778. The number of nitrogens with zero attached hydrogens (tertiary/aromatic N) is 1. The van der Waals surface area contributed by atoms with Crippen LogP contribution in [0.2, 0.25) is 0 Å². The third kappa shape index (κ3) is 3.20. The van der Waals surface area contributed by atoms with Gasteiger partial charge in [-0.1, -0.05) is 12.2 Å². The van der Waals surface area contributed by atoms with Crippen molar-refractivity contribution in [3.05, 3.63) is 22.2 Å². The van der Waals surface area contributed by atoms with Gasteiger partial charge in [0.15, 0.2) is 11.5 Å². The molecule has 5 heteroatoms. The highest BCUT2D eigenvalue weighted by molar-refractivity contribution is 9.10. The molecular formula is C14H18BrNO2S. The van der Waals surface area contributed by atoms with Crippen molar-refractivity contribution in [2.45, 2.75) is 19.8 Å². The van der Waals surface area contributed by atoms with Crippen molar-refractivity contribution in [1.82, 2.24) is 4.90 Å². The van der Waals surface area contributed by atoms with E-state index in [1.807, 2.05) is 19.1 Å². The van der Waals surface area contributed by atoms with Crippen molar-refractivity contribution in [2.24, 2.45) is 0 Å². The number of hydrogen-bond donors (Lipinski definition) is 0. The number of thiocarbonyl (C=S) groups is 1. The summed E-state index contributed by atoms with van der Waals surface area (Å²) in [6.45, 7) is 4.65. The Hall–Kier alpha value is -0.810. The SMILES string of the molecule is CCOc1cc(Br)c(C(=S)N2CCCC2)cc1OC. The van der Waals surface area contributed by atoms with Gasteiger partial charge in [0.25, 0.3) is 0 Å². The molecule has 0 atom stereocenters. The lowest BCUT2D eigenvalue weighted by atomic mass is 10.2. The van der Waals surface area contributed by atoms with Gasteiger partial charge in [-0.2, -0.15) is 0 Å². The molecule has 0 aromatic heterocycles. The maximum absolute atomic E-state index is 5.58. The van der Waals surface area contributed by atoms with Crippen LogP contribution < -0.4 is 9.47 Å². The van der Waals surface area contributed by atoms with Crippen LogP contribution in [-0.2, 0) is 0 Å². The number of likely N-dealkylation sites (tertiary alicyclic amines) is 1. The van der Waals surface area contributed by atoms with E-state index in [0.29, 0.717) is 6.61 Å². The lowest BCUT2D eigenvalue weighted by Crippen LogP contribution is -2.27. The molecular weight excluding hydrogens is 326 g/mol. The minimum Gasteiger partial charge on any atom is -0.493 e. The van der Waals surface area contributed by atoms with E-state index >= 15 is 0 Å². The fraction of sp³-hybridized carbons (Fsp3) is 0.500. The van der Waals surface area contributed by atoms with Gasteiger partial charge < -0.3 is 14.4 Å². The van der Waals surface area contributed by atoms with Crippen LogP contribution in [0.1, 0.15) is 25.3 Å². The van der Waals surface area contributed by atoms with Gasteiger partial charge in [-0.15, -0.1) is 0 Å². The average molecular weight is 344 g/mol. The number of halogens is 1. The van der Waals surface area contributed by atoms with Crippen molar-refractivity contribution < 1.29 is 9.47 Å². The zero-order valence-corrected chi connectivity index (χ0v) is 13.6. The molecule has 0 bridgehead atoms. The van der Waals surface area contributed by atoms with Crippen LogP contribution in [0.3, 0.4) is 0 Å². The Bertz CT molecular complexity index is 473. The van der Waals surface area contributed by atoms with E-state index in [2.05, 4.69) is 20.8 Å². The van der Waals surface area contributed by atoms with Crippen LogP contribution >= 0.6 is 28.1 Å². The molecule has 0 saturated carbocycles. The molecule has 3 nitrogen and oxygen atoms in total. The van der Waals surface area contributed by atoms with Crippen LogP contribution in [0.4, 0.5) is 0 Å². The summed E-state index contributed by atoms with van der Waals surface area (Å²) in [5.41, 5.74) is 0.997. The predicted molar refractivity (Wildman–Crippen MR) is 84.4 cm³/mol. The second kappa shape index (κ2) is 6.57. The fourth-order valence-corrected chi connectivity index (χ4v) is 3.21. The van der Waals surface area contributed by atoms with Crippen LogP contribution in [-0.4, -0.2) is 36.7 Å². The summed E-state index contributed by atoms with van der Waals surface area (Å²) in [6, 6.07) is 3.88. The third-order valence-electron chi connectivity index (χ3n) is 3.18. The van der Waals surface area contributed by atoms with E-state index < -0.39 is 0 Å². The Labute approximate surface area is 128 Å². The number of ether oxygens (including phenoxy) is 2. The molecule has 0 radical (unpaired) electrons. The zero-order chi connectivity index (χ0) is 13.8. The predicted octanol–water partition coefficient (Wildman–Crippen LogP) is 3.63. The van der Waals surface area contributed by atoms with Crippen LogP contribution in [0.15, 0.2) is 16.6 Å². The summed E-state index contributed by atoms with van der Waals surface area (Å²) in [4.78, 5) is 3.13. The smallest absolute Gasteiger partial charge is 0.162 e. The maximum Gasteiger partial charge on any atom is 0.162 e. The van der Waals surface area contributed by atoms with Gasteiger partial charge in [0.05, 0.1) is 13.7 Å². The molecule has 0 spiro atoms. The molecule has 0 aliphatic carbocycles. The first-order valence-electron chi connectivity index (χ1n) is 6.47. The minimum absolute atomic E-state index is 0.610. The molecule has 0 N–H and O–H groups in total. The maximum atomic E-state index is 5.58. The molecule has 104 valence electrons. The Morgan fingerprint density at radius 2 is 2.00 bits per heavy atom. The summed E-state index contributed by atoms with van der Waals surface area (Å²) < 4.78 is 11.9. The van der Waals surface area contributed by atoms with E-state index in [4.69, 9.17) is 21.7 Å². The molecule has 1 aliphatic heterocycles. The molecule has 1 aliphatic rings. The highest BCUT2D eigenvalue weighted by atomic mass is 79.9. The molecule has 19 heavy (non-hydrogen) atoms. The summed E-state index contributed by atoms with van der Waals surface area (Å²) in [5.74, 6) is 1.46. The van der Waals surface area contributed by atoms with Crippen LogP contribution in [0, 0.1) is 0 Å². The number of hydrogen-bond acceptors (Lipinski definition) is 3. The molecule has 1 fully saturated rings. The molecule has 0 unspecified atom stereocenters. The average Bonchev–Trinajstić information content (AvgIpc) is 2.92. The molecule has 1 saturated heterocycles.